The van der Waals surface area contributed by atoms with E-state index in [0.717, 1.165) is 11.4 Å². The van der Waals surface area contributed by atoms with Crippen molar-refractivity contribution in [3.63, 3.8) is 0 Å². The van der Waals surface area contributed by atoms with E-state index in [2.05, 4.69) is 56.5 Å². The third-order valence-electron chi connectivity index (χ3n) is 3.37. The lowest BCUT2D eigenvalue weighted by molar-refractivity contribution is -0.119. The molecule has 0 aliphatic carbocycles. The lowest BCUT2D eigenvalue weighted by atomic mass is 10.1. The van der Waals surface area contributed by atoms with Gasteiger partial charge in [-0.2, -0.15) is 0 Å². The van der Waals surface area contributed by atoms with E-state index in [1.54, 1.807) is 11.8 Å². The molecule has 118 valence electrons. The van der Waals surface area contributed by atoms with Crippen LogP contribution in [0.4, 0.5) is 0 Å². The van der Waals surface area contributed by atoms with Gasteiger partial charge in [-0.05, 0) is 30.5 Å². The first-order valence-corrected chi connectivity index (χ1v) is 8.61. The van der Waals surface area contributed by atoms with Crippen molar-refractivity contribution in [3.05, 3.63) is 29.8 Å². The van der Waals surface area contributed by atoms with Crippen LogP contribution >= 0.6 is 11.8 Å². The van der Waals surface area contributed by atoms with Crippen molar-refractivity contribution in [1.29, 1.82) is 0 Å². The molecular formula is C17H28N2OS. The molecule has 1 rings (SSSR count). The number of thioether (sulfide) groups is 1. The van der Waals surface area contributed by atoms with Gasteiger partial charge >= 0.3 is 0 Å². The van der Waals surface area contributed by atoms with Gasteiger partial charge in [0.05, 0.1) is 5.75 Å². The summed E-state index contributed by atoms with van der Waals surface area (Å²) in [5.41, 5.74) is 1.25. The van der Waals surface area contributed by atoms with Gasteiger partial charge in [0.25, 0.3) is 0 Å². The van der Waals surface area contributed by atoms with Gasteiger partial charge in [-0.3, -0.25) is 4.79 Å². The second kappa shape index (κ2) is 9.11. The molecule has 1 unspecified atom stereocenters. The molecule has 0 aromatic heterocycles. The second-order valence-corrected chi connectivity index (χ2v) is 7.12. The summed E-state index contributed by atoms with van der Waals surface area (Å²) in [6, 6.07) is 9.07. The topological polar surface area (TPSA) is 41.1 Å². The van der Waals surface area contributed by atoms with E-state index < -0.39 is 0 Å². The van der Waals surface area contributed by atoms with Crippen LogP contribution in [-0.4, -0.2) is 23.7 Å². The highest BCUT2D eigenvalue weighted by Gasteiger charge is 2.10. The van der Waals surface area contributed by atoms with Gasteiger partial charge in [0.2, 0.25) is 5.91 Å². The fraction of sp³-hybridized carbons (Fsp3) is 0.588. The van der Waals surface area contributed by atoms with Crippen LogP contribution in [0.15, 0.2) is 29.2 Å². The Balaban J connectivity index is 2.44. The molecule has 1 atom stereocenters. The molecular weight excluding hydrogens is 280 g/mol. The third kappa shape index (κ3) is 7.53. The number of amides is 1. The second-order valence-electron chi connectivity index (χ2n) is 6.07. The number of carbonyl (C=O) groups is 1. The fourth-order valence-electron chi connectivity index (χ4n) is 1.68. The van der Waals surface area contributed by atoms with Crippen LogP contribution in [0, 0.1) is 5.92 Å². The predicted octanol–water partition coefficient (Wildman–Crippen LogP) is 3.44. The fourth-order valence-corrected chi connectivity index (χ4v) is 2.47. The number of carbonyl (C=O) groups excluding carboxylic acids is 1. The molecule has 21 heavy (non-hydrogen) atoms. The first kappa shape index (κ1) is 18.1. The highest BCUT2D eigenvalue weighted by atomic mass is 32.2. The quantitative estimate of drug-likeness (QED) is 0.723. The highest BCUT2D eigenvalue weighted by molar-refractivity contribution is 8.00. The summed E-state index contributed by atoms with van der Waals surface area (Å²) in [5, 5.41) is 6.44. The van der Waals surface area contributed by atoms with Gasteiger partial charge in [-0.15, -0.1) is 11.8 Å². The van der Waals surface area contributed by atoms with E-state index in [0.29, 0.717) is 17.7 Å². The first-order valence-electron chi connectivity index (χ1n) is 7.63. The Morgan fingerprint density at radius 1 is 1.19 bits per heavy atom. The average molecular weight is 308 g/mol. The summed E-state index contributed by atoms with van der Waals surface area (Å²) in [4.78, 5) is 13.0. The first-order chi connectivity index (χ1) is 9.88. The molecule has 4 heteroatoms. The Kier molecular flexibility index (Phi) is 7.83. The SMILES string of the molecule is CC(C)NCc1cccc(SCC(=O)NC(C)C(C)C)c1. The zero-order chi connectivity index (χ0) is 15.8. The normalized spacial score (nSPS) is 12.7. The Bertz CT molecular complexity index is 446. The van der Waals surface area contributed by atoms with Crippen molar-refractivity contribution < 1.29 is 4.79 Å². The molecule has 0 bridgehead atoms. The molecule has 0 saturated heterocycles. The number of hydrogen-bond acceptors (Lipinski definition) is 3. The number of rotatable bonds is 8. The minimum absolute atomic E-state index is 0.104. The van der Waals surface area contributed by atoms with Gasteiger partial charge in [0.15, 0.2) is 0 Å². The van der Waals surface area contributed by atoms with Gasteiger partial charge in [0, 0.05) is 23.5 Å². The Hall–Kier alpha value is -1.00. The smallest absolute Gasteiger partial charge is 0.230 e. The minimum atomic E-state index is 0.104. The van der Waals surface area contributed by atoms with Crippen LogP contribution < -0.4 is 10.6 Å². The standard InChI is InChI=1S/C17H28N2OS/c1-12(2)14(5)19-17(20)11-21-16-8-6-7-15(9-16)10-18-13(3)4/h6-9,12-14,18H,10-11H2,1-5H3,(H,19,20). The molecule has 0 heterocycles. The largest absolute Gasteiger partial charge is 0.353 e. The van der Waals surface area contributed by atoms with Crippen molar-refractivity contribution in [1.82, 2.24) is 10.6 Å². The van der Waals surface area contributed by atoms with E-state index >= 15 is 0 Å². The van der Waals surface area contributed by atoms with E-state index in [4.69, 9.17) is 0 Å². The Labute approximate surface area is 133 Å². The van der Waals surface area contributed by atoms with Crippen molar-refractivity contribution in [2.24, 2.45) is 5.92 Å². The molecule has 1 aromatic rings. The number of benzene rings is 1. The van der Waals surface area contributed by atoms with E-state index in [1.165, 1.54) is 5.56 Å². The minimum Gasteiger partial charge on any atom is -0.353 e. The van der Waals surface area contributed by atoms with Gasteiger partial charge in [-0.25, -0.2) is 0 Å². The number of nitrogens with one attached hydrogen (secondary N) is 2. The molecule has 0 saturated carbocycles. The van der Waals surface area contributed by atoms with Crippen LogP contribution in [-0.2, 0) is 11.3 Å². The molecule has 3 nitrogen and oxygen atoms in total. The molecule has 0 aliphatic rings. The summed E-state index contributed by atoms with van der Waals surface area (Å²) < 4.78 is 0. The third-order valence-corrected chi connectivity index (χ3v) is 4.37. The van der Waals surface area contributed by atoms with E-state index in [1.807, 2.05) is 13.0 Å². The molecule has 0 fully saturated rings. The van der Waals surface area contributed by atoms with Gasteiger partial charge in [0.1, 0.15) is 0 Å². The monoisotopic (exact) mass is 308 g/mol. The van der Waals surface area contributed by atoms with Crippen molar-refractivity contribution in [2.45, 2.75) is 58.1 Å². The highest BCUT2D eigenvalue weighted by Crippen LogP contribution is 2.19. The summed E-state index contributed by atoms with van der Waals surface area (Å²) in [6.45, 7) is 11.4. The van der Waals surface area contributed by atoms with Crippen LogP contribution in [0.25, 0.3) is 0 Å². The van der Waals surface area contributed by atoms with Crippen LogP contribution in [0.1, 0.15) is 40.2 Å². The molecule has 1 aromatic carbocycles. The molecule has 0 aliphatic heterocycles. The van der Waals surface area contributed by atoms with Gasteiger partial charge in [-0.1, -0.05) is 39.8 Å². The molecule has 2 N–H and O–H groups in total. The molecule has 0 radical (unpaired) electrons. The zero-order valence-corrected chi connectivity index (χ0v) is 14.6. The maximum atomic E-state index is 11.9. The van der Waals surface area contributed by atoms with Gasteiger partial charge < -0.3 is 10.6 Å². The maximum absolute atomic E-state index is 11.9. The van der Waals surface area contributed by atoms with E-state index in [-0.39, 0.29) is 11.9 Å². The molecule has 0 spiro atoms. The van der Waals surface area contributed by atoms with Crippen molar-refractivity contribution in [2.75, 3.05) is 5.75 Å². The van der Waals surface area contributed by atoms with Crippen molar-refractivity contribution in [3.8, 4) is 0 Å². The maximum Gasteiger partial charge on any atom is 0.230 e. The van der Waals surface area contributed by atoms with Crippen LogP contribution in [0.3, 0.4) is 0 Å². The Morgan fingerprint density at radius 3 is 2.52 bits per heavy atom. The lowest BCUT2D eigenvalue weighted by Crippen LogP contribution is -2.37. The summed E-state index contributed by atoms with van der Waals surface area (Å²) in [7, 11) is 0. The number of hydrogen-bond donors (Lipinski definition) is 2. The summed E-state index contributed by atoms with van der Waals surface area (Å²) in [6.07, 6.45) is 0. The Morgan fingerprint density at radius 2 is 1.90 bits per heavy atom. The van der Waals surface area contributed by atoms with Crippen molar-refractivity contribution >= 4 is 17.7 Å². The van der Waals surface area contributed by atoms with Crippen LogP contribution in [0.5, 0.6) is 0 Å². The lowest BCUT2D eigenvalue weighted by Gasteiger charge is -2.17. The van der Waals surface area contributed by atoms with E-state index in [9.17, 15) is 4.79 Å². The zero-order valence-electron chi connectivity index (χ0n) is 13.8. The average Bonchev–Trinajstić information content (AvgIpc) is 2.43. The summed E-state index contributed by atoms with van der Waals surface area (Å²) >= 11 is 1.59. The molecule has 1 amide bonds. The predicted molar refractivity (Wildman–Crippen MR) is 91.6 cm³/mol. The van der Waals surface area contributed by atoms with Crippen LogP contribution in [0.2, 0.25) is 0 Å². The summed E-state index contributed by atoms with van der Waals surface area (Å²) in [5.74, 6) is 1.04.